The molecule has 0 radical (unpaired) electrons. The molecule has 0 aromatic heterocycles. The van der Waals surface area contributed by atoms with Crippen molar-refractivity contribution in [2.75, 3.05) is 18.9 Å². The summed E-state index contributed by atoms with van der Waals surface area (Å²) in [7, 11) is -3.24. The van der Waals surface area contributed by atoms with Gasteiger partial charge in [-0.1, -0.05) is 24.3 Å². The summed E-state index contributed by atoms with van der Waals surface area (Å²) in [4.78, 5) is 0. The number of aliphatic hydroxyl groups is 1. The molecule has 0 atom stereocenters. The van der Waals surface area contributed by atoms with Crippen LogP contribution < -0.4 is 0 Å². The number of fused-ring (bicyclic) bond motifs is 1. The molecule has 0 fully saturated rings. The molecule has 5 heteroatoms. The molecule has 0 aliphatic carbocycles. The van der Waals surface area contributed by atoms with Gasteiger partial charge in [-0.05, 0) is 30.4 Å². The van der Waals surface area contributed by atoms with Gasteiger partial charge in [-0.25, -0.2) is 8.42 Å². The van der Waals surface area contributed by atoms with Crippen LogP contribution in [0.15, 0.2) is 24.3 Å². The maximum absolute atomic E-state index is 12.1. The molecule has 0 saturated heterocycles. The van der Waals surface area contributed by atoms with Crippen LogP contribution in [0, 0.1) is 0 Å². The maximum Gasteiger partial charge on any atom is 0.214 e. The molecule has 0 saturated carbocycles. The second-order valence-electron chi connectivity index (χ2n) is 4.60. The first-order valence-electron chi connectivity index (χ1n) is 6.29. The minimum absolute atomic E-state index is 0.0334. The zero-order chi connectivity index (χ0) is 13.0. The quantitative estimate of drug-likeness (QED) is 0.892. The Kier molecular flexibility index (Phi) is 4.37. The third kappa shape index (κ3) is 3.10. The van der Waals surface area contributed by atoms with Crippen molar-refractivity contribution in [3.63, 3.8) is 0 Å². The standard InChI is InChI=1S/C13H19NO3S/c15-9-4-10-18(16,17)14-8-3-7-12-5-1-2-6-13(12)11-14/h1-2,5-6,15H,3-4,7-11H2. The number of aryl methyl sites for hydroxylation is 1. The molecule has 1 N–H and O–H groups in total. The van der Waals surface area contributed by atoms with Crippen LogP contribution >= 0.6 is 0 Å². The van der Waals surface area contributed by atoms with E-state index in [-0.39, 0.29) is 12.4 Å². The zero-order valence-electron chi connectivity index (χ0n) is 10.4. The van der Waals surface area contributed by atoms with Gasteiger partial charge in [0.25, 0.3) is 0 Å². The summed E-state index contributed by atoms with van der Waals surface area (Å²) in [6.45, 7) is 0.954. The van der Waals surface area contributed by atoms with Gasteiger partial charge >= 0.3 is 0 Å². The van der Waals surface area contributed by atoms with Crippen LogP contribution in [0.5, 0.6) is 0 Å². The topological polar surface area (TPSA) is 57.6 Å². The number of hydrogen-bond donors (Lipinski definition) is 1. The Balaban J connectivity index is 2.17. The first kappa shape index (κ1) is 13.5. The van der Waals surface area contributed by atoms with E-state index in [1.807, 2.05) is 18.2 Å². The second kappa shape index (κ2) is 5.82. The van der Waals surface area contributed by atoms with Gasteiger partial charge in [0.15, 0.2) is 0 Å². The summed E-state index contributed by atoms with van der Waals surface area (Å²) in [6.07, 6.45) is 2.10. The highest BCUT2D eigenvalue weighted by Gasteiger charge is 2.24. The van der Waals surface area contributed by atoms with E-state index in [1.165, 1.54) is 5.56 Å². The summed E-state index contributed by atoms with van der Waals surface area (Å²) in [6, 6.07) is 8.01. The summed E-state index contributed by atoms with van der Waals surface area (Å²) >= 11 is 0. The van der Waals surface area contributed by atoms with Gasteiger partial charge in [0, 0.05) is 19.7 Å². The number of hydrogen-bond acceptors (Lipinski definition) is 3. The van der Waals surface area contributed by atoms with Gasteiger partial charge in [0.2, 0.25) is 10.0 Å². The summed E-state index contributed by atoms with van der Waals surface area (Å²) in [5, 5.41) is 8.76. The molecule has 0 unspecified atom stereocenters. The Morgan fingerprint density at radius 3 is 2.67 bits per heavy atom. The van der Waals surface area contributed by atoms with Gasteiger partial charge in [0.05, 0.1) is 5.75 Å². The molecule has 100 valence electrons. The van der Waals surface area contributed by atoms with Crippen molar-refractivity contribution in [3.8, 4) is 0 Å². The Morgan fingerprint density at radius 2 is 1.94 bits per heavy atom. The van der Waals surface area contributed by atoms with E-state index in [9.17, 15) is 8.42 Å². The van der Waals surface area contributed by atoms with Crippen LogP contribution in [-0.2, 0) is 23.0 Å². The SMILES string of the molecule is O=S(=O)(CCCO)N1CCCc2ccccc2C1. The molecule has 4 nitrogen and oxygen atoms in total. The van der Waals surface area contributed by atoms with E-state index in [0.29, 0.717) is 19.5 Å². The number of nitrogens with zero attached hydrogens (tertiary/aromatic N) is 1. The summed E-state index contributed by atoms with van der Waals surface area (Å²) < 4.78 is 25.8. The fourth-order valence-electron chi connectivity index (χ4n) is 2.28. The summed E-state index contributed by atoms with van der Waals surface area (Å²) in [5.74, 6) is 0.0334. The average molecular weight is 269 g/mol. The molecular weight excluding hydrogens is 250 g/mol. The van der Waals surface area contributed by atoms with Gasteiger partial charge in [-0.15, -0.1) is 0 Å². The second-order valence-corrected chi connectivity index (χ2v) is 6.69. The lowest BCUT2D eigenvalue weighted by atomic mass is 10.0. The fourth-order valence-corrected chi connectivity index (χ4v) is 3.78. The minimum Gasteiger partial charge on any atom is -0.396 e. The van der Waals surface area contributed by atoms with Crippen LogP contribution in [0.25, 0.3) is 0 Å². The fraction of sp³-hybridized carbons (Fsp3) is 0.538. The van der Waals surface area contributed by atoms with E-state index >= 15 is 0 Å². The third-order valence-corrected chi connectivity index (χ3v) is 5.18. The molecule has 2 rings (SSSR count). The van der Waals surface area contributed by atoms with Crippen molar-refractivity contribution in [2.24, 2.45) is 0 Å². The Bertz CT molecular complexity index is 499. The number of benzene rings is 1. The van der Waals surface area contributed by atoms with Gasteiger partial charge in [-0.3, -0.25) is 0 Å². The molecular formula is C13H19NO3S. The van der Waals surface area contributed by atoms with Gasteiger partial charge in [0.1, 0.15) is 0 Å². The zero-order valence-corrected chi connectivity index (χ0v) is 11.2. The van der Waals surface area contributed by atoms with E-state index in [1.54, 1.807) is 4.31 Å². The molecule has 0 bridgehead atoms. The van der Waals surface area contributed by atoms with Crippen LogP contribution in [-0.4, -0.2) is 36.7 Å². The van der Waals surface area contributed by atoms with Crippen molar-refractivity contribution in [3.05, 3.63) is 35.4 Å². The van der Waals surface area contributed by atoms with E-state index in [0.717, 1.165) is 18.4 Å². The lowest BCUT2D eigenvalue weighted by Crippen LogP contribution is -2.33. The smallest absolute Gasteiger partial charge is 0.214 e. The van der Waals surface area contributed by atoms with Crippen molar-refractivity contribution >= 4 is 10.0 Å². The third-order valence-electron chi connectivity index (χ3n) is 3.27. The lowest BCUT2D eigenvalue weighted by molar-refractivity contribution is 0.293. The largest absolute Gasteiger partial charge is 0.396 e. The summed E-state index contributed by atoms with van der Waals surface area (Å²) in [5.41, 5.74) is 2.35. The predicted molar refractivity (Wildman–Crippen MR) is 70.7 cm³/mol. The molecule has 1 aliphatic rings. The Labute approximate surface area is 108 Å². The molecule has 1 heterocycles. The van der Waals surface area contributed by atoms with Crippen LogP contribution in [0.1, 0.15) is 24.0 Å². The van der Waals surface area contributed by atoms with Gasteiger partial charge < -0.3 is 5.11 Å². The monoisotopic (exact) mass is 269 g/mol. The van der Waals surface area contributed by atoms with Gasteiger partial charge in [-0.2, -0.15) is 4.31 Å². The first-order chi connectivity index (χ1) is 8.63. The molecule has 0 spiro atoms. The number of rotatable bonds is 4. The number of aliphatic hydroxyl groups excluding tert-OH is 1. The predicted octanol–water partition coefficient (Wildman–Crippen LogP) is 1.15. The van der Waals surface area contributed by atoms with Crippen LogP contribution in [0.4, 0.5) is 0 Å². The van der Waals surface area contributed by atoms with Crippen molar-refractivity contribution in [1.29, 1.82) is 0 Å². The van der Waals surface area contributed by atoms with Crippen molar-refractivity contribution in [2.45, 2.75) is 25.8 Å². The molecule has 0 amide bonds. The van der Waals surface area contributed by atoms with Crippen LogP contribution in [0.3, 0.4) is 0 Å². The van der Waals surface area contributed by atoms with E-state index in [2.05, 4.69) is 6.07 Å². The lowest BCUT2D eigenvalue weighted by Gasteiger charge is -2.20. The van der Waals surface area contributed by atoms with Crippen molar-refractivity contribution in [1.82, 2.24) is 4.31 Å². The Morgan fingerprint density at radius 1 is 1.22 bits per heavy atom. The van der Waals surface area contributed by atoms with E-state index < -0.39 is 10.0 Å². The molecule has 1 aromatic carbocycles. The highest BCUT2D eigenvalue weighted by Crippen LogP contribution is 2.20. The normalized spacial score (nSPS) is 17.2. The Hall–Kier alpha value is -0.910. The highest BCUT2D eigenvalue weighted by atomic mass is 32.2. The number of sulfonamides is 1. The van der Waals surface area contributed by atoms with E-state index in [4.69, 9.17) is 5.11 Å². The average Bonchev–Trinajstić information content (AvgIpc) is 2.59. The first-order valence-corrected chi connectivity index (χ1v) is 7.90. The minimum atomic E-state index is -3.24. The highest BCUT2D eigenvalue weighted by molar-refractivity contribution is 7.89. The molecule has 1 aliphatic heterocycles. The van der Waals surface area contributed by atoms with Crippen molar-refractivity contribution < 1.29 is 13.5 Å². The maximum atomic E-state index is 12.1. The molecule has 1 aromatic rings. The van der Waals surface area contributed by atoms with Crippen LogP contribution in [0.2, 0.25) is 0 Å². The molecule has 18 heavy (non-hydrogen) atoms.